The molecule has 5 heteroatoms. The lowest BCUT2D eigenvalue weighted by atomic mass is 10.1. The highest BCUT2D eigenvalue weighted by atomic mass is 16.5. The molecule has 0 atom stereocenters. The zero-order valence-electron chi connectivity index (χ0n) is 15.9. The zero-order valence-corrected chi connectivity index (χ0v) is 15.9. The van der Waals surface area contributed by atoms with Gasteiger partial charge < -0.3 is 14.2 Å². The summed E-state index contributed by atoms with van der Waals surface area (Å²) in [6.07, 6.45) is 4.85. The summed E-state index contributed by atoms with van der Waals surface area (Å²) in [7, 11) is 3.07. The Kier molecular flexibility index (Phi) is 7.62. The van der Waals surface area contributed by atoms with Gasteiger partial charge in [-0.25, -0.2) is 4.79 Å². The molecule has 0 amide bonds. The predicted octanol–water partition coefficient (Wildman–Crippen LogP) is 4.10. The van der Waals surface area contributed by atoms with Crippen LogP contribution in [0.25, 0.3) is 6.08 Å². The molecule has 5 nitrogen and oxygen atoms in total. The number of benzene rings is 2. The quantitative estimate of drug-likeness (QED) is 0.379. The van der Waals surface area contributed by atoms with E-state index in [9.17, 15) is 9.59 Å². The van der Waals surface area contributed by atoms with Crippen LogP contribution in [-0.2, 0) is 16.0 Å². The van der Waals surface area contributed by atoms with E-state index < -0.39 is 5.97 Å². The van der Waals surface area contributed by atoms with E-state index in [0.717, 1.165) is 12.8 Å². The minimum atomic E-state index is -0.601. The van der Waals surface area contributed by atoms with Crippen LogP contribution in [0.5, 0.6) is 11.5 Å². The van der Waals surface area contributed by atoms with Crippen LogP contribution in [0.4, 0.5) is 0 Å². The Morgan fingerprint density at radius 2 is 1.74 bits per heavy atom. The fraction of sp³-hybridized carbons (Fsp3) is 0.273. The van der Waals surface area contributed by atoms with E-state index in [1.54, 1.807) is 43.5 Å². The van der Waals surface area contributed by atoms with Crippen LogP contribution in [-0.4, -0.2) is 32.6 Å². The molecule has 27 heavy (non-hydrogen) atoms. The second kappa shape index (κ2) is 10.2. The molecule has 0 aromatic heterocycles. The highest BCUT2D eigenvalue weighted by Crippen LogP contribution is 2.31. The summed E-state index contributed by atoms with van der Waals surface area (Å²) >= 11 is 0. The number of para-hydroxylation sites is 1. The van der Waals surface area contributed by atoms with E-state index in [4.69, 9.17) is 14.2 Å². The lowest BCUT2D eigenvalue weighted by Gasteiger charge is -2.09. The van der Waals surface area contributed by atoms with Gasteiger partial charge in [0.2, 0.25) is 0 Å². The van der Waals surface area contributed by atoms with Crippen molar-refractivity contribution < 1.29 is 23.8 Å². The number of esters is 1. The minimum absolute atomic E-state index is 0.237. The number of carbonyl (C=O) groups is 2. The van der Waals surface area contributed by atoms with E-state index in [1.807, 2.05) is 12.1 Å². The summed E-state index contributed by atoms with van der Waals surface area (Å²) in [6, 6.07) is 12.7. The number of rotatable bonds is 9. The van der Waals surface area contributed by atoms with Gasteiger partial charge in [0, 0.05) is 17.2 Å². The van der Waals surface area contributed by atoms with Crippen LogP contribution in [0, 0.1) is 0 Å². The second-order valence-electron chi connectivity index (χ2n) is 5.89. The summed E-state index contributed by atoms with van der Waals surface area (Å²) in [5, 5.41) is 0. The largest absolute Gasteiger partial charge is 0.493 e. The Balaban J connectivity index is 1.94. The highest BCUT2D eigenvalue weighted by molar-refractivity contribution is 5.99. The van der Waals surface area contributed by atoms with Gasteiger partial charge in [0.15, 0.2) is 23.9 Å². The minimum Gasteiger partial charge on any atom is -0.493 e. The van der Waals surface area contributed by atoms with Crippen LogP contribution < -0.4 is 9.47 Å². The van der Waals surface area contributed by atoms with Crippen molar-refractivity contribution in [2.45, 2.75) is 19.8 Å². The molecule has 0 fully saturated rings. The van der Waals surface area contributed by atoms with Gasteiger partial charge in [0.05, 0.1) is 14.2 Å². The Labute approximate surface area is 159 Å². The Morgan fingerprint density at radius 3 is 2.37 bits per heavy atom. The number of hydrogen-bond acceptors (Lipinski definition) is 5. The molecule has 0 saturated carbocycles. The van der Waals surface area contributed by atoms with E-state index in [1.165, 1.54) is 18.7 Å². The van der Waals surface area contributed by atoms with Crippen molar-refractivity contribution >= 4 is 17.8 Å². The van der Waals surface area contributed by atoms with Crippen LogP contribution in [0.1, 0.15) is 34.8 Å². The summed E-state index contributed by atoms with van der Waals surface area (Å²) < 4.78 is 15.6. The molecule has 0 N–H and O–H groups in total. The fourth-order valence-electron chi connectivity index (χ4n) is 2.62. The molecule has 0 aliphatic rings. The van der Waals surface area contributed by atoms with Gasteiger partial charge >= 0.3 is 5.97 Å². The monoisotopic (exact) mass is 368 g/mol. The van der Waals surface area contributed by atoms with Crippen molar-refractivity contribution in [3.05, 3.63) is 65.2 Å². The Hall–Kier alpha value is -3.08. The molecular weight excluding hydrogens is 344 g/mol. The van der Waals surface area contributed by atoms with Crippen molar-refractivity contribution in [2.75, 3.05) is 20.8 Å². The standard InChI is InChI=1S/C22H24O5/c1-4-6-16-9-11-17(12-10-16)19(23)15-27-21(24)14-13-18-7-5-8-20(25-2)22(18)26-3/h5,7-14H,4,6,15H2,1-3H3/b14-13+. The van der Waals surface area contributed by atoms with E-state index in [2.05, 4.69) is 6.92 Å². The van der Waals surface area contributed by atoms with E-state index >= 15 is 0 Å². The van der Waals surface area contributed by atoms with Gasteiger partial charge in [-0.2, -0.15) is 0 Å². The van der Waals surface area contributed by atoms with Crippen LogP contribution in [0.3, 0.4) is 0 Å². The number of aryl methyl sites for hydroxylation is 1. The maximum absolute atomic E-state index is 12.1. The molecule has 0 aliphatic heterocycles. The highest BCUT2D eigenvalue weighted by Gasteiger charge is 2.10. The molecule has 2 aromatic carbocycles. The normalized spacial score (nSPS) is 10.6. The number of hydrogen-bond donors (Lipinski definition) is 0. The van der Waals surface area contributed by atoms with Crippen molar-refractivity contribution in [1.82, 2.24) is 0 Å². The maximum atomic E-state index is 12.1. The molecule has 0 aliphatic carbocycles. The van der Waals surface area contributed by atoms with Gasteiger partial charge in [-0.15, -0.1) is 0 Å². The molecule has 0 radical (unpaired) electrons. The maximum Gasteiger partial charge on any atom is 0.331 e. The van der Waals surface area contributed by atoms with Gasteiger partial charge in [0.25, 0.3) is 0 Å². The smallest absolute Gasteiger partial charge is 0.331 e. The third-order valence-electron chi connectivity index (χ3n) is 3.99. The summed E-state index contributed by atoms with van der Waals surface area (Å²) in [5.74, 6) is 0.247. The summed E-state index contributed by atoms with van der Waals surface area (Å²) in [5.41, 5.74) is 2.38. The van der Waals surface area contributed by atoms with E-state index in [0.29, 0.717) is 22.6 Å². The first-order chi connectivity index (χ1) is 13.1. The predicted molar refractivity (Wildman–Crippen MR) is 104 cm³/mol. The van der Waals surface area contributed by atoms with Crippen LogP contribution in [0.15, 0.2) is 48.5 Å². The first-order valence-electron chi connectivity index (χ1n) is 8.77. The lowest BCUT2D eigenvalue weighted by Crippen LogP contribution is -2.12. The van der Waals surface area contributed by atoms with Crippen molar-refractivity contribution in [3.63, 3.8) is 0 Å². The van der Waals surface area contributed by atoms with Crippen molar-refractivity contribution in [1.29, 1.82) is 0 Å². The number of carbonyl (C=O) groups excluding carboxylic acids is 2. The Morgan fingerprint density at radius 1 is 1.00 bits per heavy atom. The lowest BCUT2D eigenvalue weighted by molar-refractivity contribution is -0.136. The summed E-state index contributed by atoms with van der Waals surface area (Å²) in [6.45, 7) is 1.80. The molecule has 142 valence electrons. The zero-order chi connectivity index (χ0) is 19.6. The molecule has 0 saturated heterocycles. The van der Waals surface area contributed by atoms with Crippen molar-refractivity contribution in [3.8, 4) is 11.5 Å². The number of Topliss-reactive ketones (excluding diaryl/α,β-unsaturated/α-hetero) is 1. The number of ether oxygens (including phenoxy) is 3. The molecule has 0 heterocycles. The fourth-order valence-corrected chi connectivity index (χ4v) is 2.62. The number of methoxy groups -OCH3 is 2. The van der Waals surface area contributed by atoms with Gasteiger partial charge in [0.1, 0.15) is 0 Å². The van der Waals surface area contributed by atoms with Gasteiger partial charge in [-0.05, 0) is 24.1 Å². The molecule has 2 aromatic rings. The average Bonchev–Trinajstić information content (AvgIpc) is 2.70. The molecular formula is C22H24O5. The second-order valence-corrected chi connectivity index (χ2v) is 5.89. The third kappa shape index (κ3) is 5.71. The molecule has 0 spiro atoms. The average molecular weight is 368 g/mol. The Bertz CT molecular complexity index is 806. The summed E-state index contributed by atoms with van der Waals surface area (Å²) in [4.78, 5) is 24.1. The van der Waals surface area contributed by atoms with Gasteiger partial charge in [-0.3, -0.25) is 4.79 Å². The SMILES string of the molecule is CCCc1ccc(C(=O)COC(=O)/C=C/c2cccc(OC)c2OC)cc1. The topological polar surface area (TPSA) is 61.8 Å². The third-order valence-corrected chi connectivity index (χ3v) is 3.99. The van der Waals surface area contributed by atoms with Crippen LogP contribution >= 0.6 is 0 Å². The van der Waals surface area contributed by atoms with Gasteiger partial charge in [-0.1, -0.05) is 49.7 Å². The molecule has 2 rings (SSSR count). The first-order valence-corrected chi connectivity index (χ1v) is 8.77. The number of ketones is 1. The van der Waals surface area contributed by atoms with E-state index in [-0.39, 0.29) is 12.4 Å². The molecule has 0 bridgehead atoms. The molecule has 0 unspecified atom stereocenters. The van der Waals surface area contributed by atoms with Crippen molar-refractivity contribution in [2.24, 2.45) is 0 Å². The first kappa shape index (κ1) is 20.2. The van der Waals surface area contributed by atoms with Crippen LogP contribution in [0.2, 0.25) is 0 Å².